The fourth-order valence-corrected chi connectivity index (χ4v) is 2.36. The monoisotopic (exact) mass is 227 g/mol. The summed E-state index contributed by atoms with van der Waals surface area (Å²) in [5.41, 5.74) is 0. The molecule has 0 amide bonds. The normalized spacial score (nSPS) is 22.8. The first kappa shape index (κ1) is 10.6. The van der Waals surface area contributed by atoms with E-state index in [-0.39, 0.29) is 0 Å². The van der Waals surface area contributed by atoms with E-state index in [1.807, 2.05) is 11.4 Å². The number of hydrogen-bond donors (Lipinski definition) is 1. The Bertz CT molecular complexity index is 325. The Hall–Kier alpha value is -0.910. The van der Waals surface area contributed by atoms with Crippen LogP contribution in [0.2, 0.25) is 0 Å². The van der Waals surface area contributed by atoms with E-state index in [1.165, 1.54) is 4.88 Å². The predicted octanol–water partition coefficient (Wildman–Crippen LogP) is 1.03. The van der Waals surface area contributed by atoms with Gasteiger partial charge < -0.3 is 9.84 Å². The van der Waals surface area contributed by atoms with Gasteiger partial charge in [0.15, 0.2) is 6.10 Å². The lowest BCUT2D eigenvalue weighted by atomic mass is 10.2. The average molecular weight is 227 g/mol. The van der Waals surface area contributed by atoms with Crippen LogP contribution in [0.25, 0.3) is 0 Å². The average Bonchev–Trinajstić information content (AvgIpc) is 2.71. The maximum atomic E-state index is 10.8. The van der Waals surface area contributed by atoms with Crippen LogP contribution < -0.4 is 0 Å². The van der Waals surface area contributed by atoms with Gasteiger partial charge in [-0.05, 0) is 11.4 Å². The third-order valence-electron chi connectivity index (χ3n) is 2.39. The molecule has 1 atom stereocenters. The van der Waals surface area contributed by atoms with Gasteiger partial charge in [-0.3, -0.25) is 4.90 Å². The molecule has 1 aromatic rings. The van der Waals surface area contributed by atoms with Crippen LogP contribution in [0, 0.1) is 0 Å². The van der Waals surface area contributed by atoms with E-state index in [0.717, 1.165) is 13.1 Å². The van der Waals surface area contributed by atoms with Crippen molar-refractivity contribution in [3.63, 3.8) is 0 Å². The molecule has 1 aromatic heterocycles. The molecule has 1 N–H and O–H groups in total. The molecule has 4 nitrogen and oxygen atoms in total. The summed E-state index contributed by atoms with van der Waals surface area (Å²) in [7, 11) is 0. The number of hydrogen-bond acceptors (Lipinski definition) is 4. The van der Waals surface area contributed by atoms with Gasteiger partial charge in [0, 0.05) is 24.5 Å². The Kier molecular flexibility index (Phi) is 3.35. The molecule has 82 valence electrons. The van der Waals surface area contributed by atoms with Crippen LogP contribution in [-0.2, 0) is 16.1 Å². The molecule has 0 saturated carbocycles. The lowest BCUT2D eigenvalue weighted by Crippen LogP contribution is -2.45. The summed E-state index contributed by atoms with van der Waals surface area (Å²) in [6.45, 7) is 2.61. The third kappa shape index (κ3) is 2.77. The Morgan fingerprint density at radius 1 is 1.73 bits per heavy atom. The topological polar surface area (TPSA) is 49.8 Å². The number of carbonyl (C=O) groups is 1. The highest BCUT2D eigenvalue weighted by molar-refractivity contribution is 7.09. The second-order valence-electron chi connectivity index (χ2n) is 3.51. The van der Waals surface area contributed by atoms with Crippen LogP contribution in [0.5, 0.6) is 0 Å². The molecule has 2 rings (SSSR count). The van der Waals surface area contributed by atoms with Crippen LogP contribution >= 0.6 is 11.3 Å². The van der Waals surface area contributed by atoms with Gasteiger partial charge in [0.1, 0.15) is 0 Å². The summed E-state index contributed by atoms with van der Waals surface area (Å²) in [5.74, 6) is -0.870. The second-order valence-corrected chi connectivity index (χ2v) is 4.54. The molecule has 0 unspecified atom stereocenters. The smallest absolute Gasteiger partial charge is 0.334 e. The van der Waals surface area contributed by atoms with E-state index in [1.54, 1.807) is 11.3 Å². The number of ether oxygens (including phenoxy) is 1. The number of morpholine rings is 1. The van der Waals surface area contributed by atoms with Gasteiger partial charge in [-0.25, -0.2) is 4.79 Å². The Labute approximate surface area is 92.1 Å². The minimum atomic E-state index is -0.870. The van der Waals surface area contributed by atoms with Crippen LogP contribution in [0.15, 0.2) is 17.5 Å². The fraction of sp³-hybridized carbons (Fsp3) is 0.500. The molecule has 1 aliphatic rings. The Morgan fingerprint density at radius 2 is 2.60 bits per heavy atom. The number of aliphatic carboxylic acids is 1. The van der Waals surface area contributed by atoms with Crippen molar-refractivity contribution in [2.75, 3.05) is 19.7 Å². The van der Waals surface area contributed by atoms with Crippen molar-refractivity contribution < 1.29 is 14.6 Å². The van der Waals surface area contributed by atoms with E-state index in [0.29, 0.717) is 13.2 Å². The van der Waals surface area contributed by atoms with Gasteiger partial charge in [0.25, 0.3) is 0 Å². The van der Waals surface area contributed by atoms with Crippen molar-refractivity contribution in [3.8, 4) is 0 Å². The Balaban J connectivity index is 1.90. The van der Waals surface area contributed by atoms with Crippen molar-refractivity contribution in [3.05, 3.63) is 22.4 Å². The summed E-state index contributed by atoms with van der Waals surface area (Å²) < 4.78 is 5.15. The van der Waals surface area contributed by atoms with E-state index in [9.17, 15) is 4.79 Å². The molecule has 15 heavy (non-hydrogen) atoms. The molecule has 0 spiro atoms. The highest BCUT2D eigenvalue weighted by atomic mass is 32.1. The standard InChI is InChI=1S/C10H13NO3S/c12-10(13)9-7-11(3-4-14-9)6-8-2-1-5-15-8/h1-2,5,9H,3-4,6-7H2,(H,12,13)/t9-/m1/s1. The Morgan fingerprint density at radius 3 is 3.27 bits per heavy atom. The van der Waals surface area contributed by atoms with Crippen LogP contribution in [0.3, 0.4) is 0 Å². The minimum Gasteiger partial charge on any atom is -0.479 e. The zero-order valence-electron chi connectivity index (χ0n) is 8.26. The van der Waals surface area contributed by atoms with Crippen molar-refractivity contribution in [1.29, 1.82) is 0 Å². The molecule has 1 saturated heterocycles. The van der Waals surface area contributed by atoms with Gasteiger partial charge >= 0.3 is 5.97 Å². The van der Waals surface area contributed by atoms with Crippen molar-refractivity contribution in [2.45, 2.75) is 12.6 Å². The van der Waals surface area contributed by atoms with Gasteiger partial charge in [0.2, 0.25) is 0 Å². The van der Waals surface area contributed by atoms with E-state index in [2.05, 4.69) is 11.0 Å². The zero-order chi connectivity index (χ0) is 10.7. The first-order valence-electron chi connectivity index (χ1n) is 4.85. The molecule has 2 heterocycles. The molecule has 0 aliphatic carbocycles. The van der Waals surface area contributed by atoms with Gasteiger partial charge in [-0.15, -0.1) is 11.3 Å². The predicted molar refractivity (Wildman–Crippen MR) is 57.0 cm³/mol. The number of rotatable bonds is 3. The summed E-state index contributed by atoms with van der Waals surface area (Å²) in [5, 5.41) is 10.9. The SMILES string of the molecule is O=C(O)[C@H]1CN(Cc2cccs2)CCO1. The largest absolute Gasteiger partial charge is 0.479 e. The lowest BCUT2D eigenvalue weighted by molar-refractivity contribution is -0.156. The van der Waals surface area contributed by atoms with E-state index >= 15 is 0 Å². The van der Waals surface area contributed by atoms with Gasteiger partial charge in [-0.2, -0.15) is 0 Å². The molecular weight excluding hydrogens is 214 g/mol. The minimum absolute atomic E-state index is 0.479. The van der Waals surface area contributed by atoms with Crippen LogP contribution in [0.4, 0.5) is 0 Å². The van der Waals surface area contributed by atoms with Crippen molar-refractivity contribution in [1.82, 2.24) is 4.90 Å². The molecule has 0 aromatic carbocycles. The molecule has 0 radical (unpaired) electrons. The summed E-state index contributed by atoms with van der Waals surface area (Å²) in [6, 6.07) is 4.07. The summed E-state index contributed by atoms with van der Waals surface area (Å²) in [4.78, 5) is 14.1. The molecule has 0 bridgehead atoms. The van der Waals surface area contributed by atoms with Gasteiger partial charge in [-0.1, -0.05) is 6.07 Å². The van der Waals surface area contributed by atoms with Gasteiger partial charge in [0.05, 0.1) is 6.61 Å². The van der Waals surface area contributed by atoms with Crippen LogP contribution in [-0.4, -0.2) is 41.8 Å². The van der Waals surface area contributed by atoms with Crippen molar-refractivity contribution in [2.24, 2.45) is 0 Å². The fourth-order valence-electron chi connectivity index (χ4n) is 1.62. The number of carboxylic acids is 1. The van der Waals surface area contributed by atoms with E-state index in [4.69, 9.17) is 9.84 Å². The maximum absolute atomic E-state index is 10.8. The maximum Gasteiger partial charge on any atom is 0.334 e. The highest BCUT2D eigenvalue weighted by Gasteiger charge is 2.26. The summed E-state index contributed by atoms with van der Waals surface area (Å²) >= 11 is 1.70. The number of nitrogens with zero attached hydrogens (tertiary/aromatic N) is 1. The lowest BCUT2D eigenvalue weighted by Gasteiger charge is -2.30. The molecule has 1 aliphatic heterocycles. The van der Waals surface area contributed by atoms with Crippen LogP contribution in [0.1, 0.15) is 4.88 Å². The third-order valence-corrected chi connectivity index (χ3v) is 3.25. The van der Waals surface area contributed by atoms with E-state index < -0.39 is 12.1 Å². The molecule has 5 heteroatoms. The van der Waals surface area contributed by atoms with Crippen molar-refractivity contribution >= 4 is 17.3 Å². The first-order valence-corrected chi connectivity index (χ1v) is 5.73. The quantitative estimate of drug-likeness (QED) is 0.838. The summed E-state index contributed by atoms with van der Waals surface area (Å²) in [6.07, 6.45) is -0.668. The number of carboxylic acid groups (broad SMARTS) is 1. The molecular formula is C10H13NO3S. The second kappa shape index (κ2) is 4.74. The first-order chi connectivity index (χ1) is 7.25. The molecule has 1 fully saturated rings. The highest BCUT2D eigenvalue weighted by Crippen LogP contribution is 2.14. The number of thiophene rings is 1. The zero-order valence-corrected chi connectivity index (χ0v) is 9.07.